The summed E-state index contributed by atoms with van der Waals surface area (Å²) in [7, 11) is 1.65. The lowest BCUT2D eigenvalue weighted by molar-refractivity contribution is 0.411. The predicted molar refractivity (Wildman–Crippen MR) is 62.8 cm³/mol. The first-order chi connectivity index (χ1) is 7.76. The zero-order valence-corrected chi connectivity index (χ0v) is 9.91. The number of oxazole rings is 1. The van der Waals surface area contributed by atoms with Crippen molar-refractivity contribution in [2.75, 3.05) is 7.11 Å². The molecule has 0 aliphatic heterocycles. The summed E-state index contributed by atoms with van der Waals surface area (Å²) in [6, 6.07) is 5.87. The van der Waals surface area contributed by atoms with Crippen molar-refractivity contribution < 1.29 is 9.15 Å². The van der Waals surface area contributed by atoms with Crippen LogP contribution >= 0.6 is 11.6 Å². The van der Waals surface area contributed by atoms with Crippen LogP contribution in [0.5, 0.6) is 5.75 Å². The third-order valence-electron chi connectivity index (χ3n) is 2.44. The molecule has 84 valence electrons. The Labute approximate surface area is 99.0 Å². The number of aryl methyl sites for hydroxylation is 1. The van der Waals surface area contributed by atoms with E-state index in [-0.39, 0.29) is 0 Å². The van der Waals surface area contributed by atoms with Crippen LogP contribution in [0.1, 0.15) is 11.3 Å². The van der Waals surface area contributed by atoms with Crippen LogP contribution in [0.4, 0.5) is 0 Å². The molecule has 1 aromatic carbocycles. The van der Waals surface area contributed by atoms with Crippen molar-refractivity contribution >= 4 is 11.6 Å². The van der Waals surface area contributed by atoms with E-state index in [0.29, 0.717) is 11.6 Å². The zero-order valence-electron chi connectivity index (χ0n) is 9.16. The van der Waals surface area contributed by atoms with E-state index in [1.807, 2.05) is 25.1 Å². The highest BCUT2D eigenvalue weighted by molar-refractivity contribution is 6.17. The molecule has 3 nitrogen and oxygen atoms in total. The van der Waals surface area contributed by atoms with E-state index in [2.05, 4.69) is 4.98 Å². The molecule has 16 heavy (non-hydrogen) atoms. The van der Waals surface area contributed by atoms with Gasteiger partial charge in [0, 0.05) is 5.56 Å². The van der Waals surface area contributed by atoms with Crippen LogP contribution in [0.2, 0.25) is 0 Å². The summed E-state index contributed by atoms with van der Waals surface area (Å²) in [5, 5.41) is 0. The average molecular weight is 238 g/mol. The summed E-state index contributed by atoms with van der Waals surface area (Å²) in [5.41, 5.74) is 2.75. The standard InChI is InChI=1S/C12H12ClNO2/c1-8-3-4-9(5-11(8)15-2)12-10(6-13)14-7-16-12/h3-5,7H,6H2,1-2H3. The highest BCUT2D eigenvalue weighted by Gasteiger charge is 2.11. The summed E-state index contributed by atoms with van der Waals surface area (Å²) in [6.45, 7) is 1.99. The Kier molecular flexibility index (Phi) is 3.15. The molecule has 1 aromatic heterocycles. The summed E-state index contributed by atoms with van der Waals surface area (Å²) in [6.07, 6.45) is 1.40. The van der Waals surface area contributed by atoms with Crippen molar-refractivity contribution in [1.29, 1.82) is 0 Å². The Morgan fingerprint density at radius 3 is 2.94 bits per heavy atom. The molecule has 4 heteroatoms. The molecule has 0 atom stereocenters. The average Bonchev–Trinajstić information content (AvgIpc) is 2.78. The zero-order chi connectivity index (χ0) is 11.5. The van der Waals surface area contributed by atoms with E-state index in [0.717, 1.165) is 22.6 Å². The van der Waals surface area contributed by atoms with Gasteiger partial charge in [-0.25, -0.2) is 4.98 Å². The topological polar surface area (TPSA) is 35.3 Å². The fourth-order valence-electron chi connectivity index (χ4n) is 1.56. The van der Waals surface area contributed by atoms with Crippen LogP contribution < -0.4 is 4.74 Å². The molecule has 0 saturated carbocycles. The first kappa shape index (κ1) is 11.0. The van der Waals surface area contributed by atoms with Crippen molar-refractivity contribution in [3.8, 4) is 17.1 Å². The third kappa shape index (κ3) is 1.91. The predicted octanol–water partition coefficient (Wildman–Crippen LogP) is 3.40. The number of halogens is 1. The van der Waals surface area contributed by atoms with E-state index < -0.39 is 0 Å². The molecule has 2 rings (SSSR count). The highest BCUT2D eigenvalue weighted by Crippen LogP contribution is 2.29. The molecular weight excluding hydrogens is 226 g/mol. The number of rotatable bonds is 3. The number of ether oxygens (including phenoxy) is 1. The number of benzene rings is 1. The van der Waals surface area contributed by atoms with Crippen molar-refractivity contribution in [2.45, 2.75) is 12.8 Å². The fraction of sp³-hybridized carbons (Fsp3) is 0.250. The van der Waals surface area contributed by atoms with Crippen LogP contribution in [0.15, 0.2) is 29.0 Å². The Hall–Kier alpha value is -1.48. The number of aromatic nitrogens is 1. The number of hydrogen-bond acceptors (Lipinski definition) is 3. The smallest absolute Gasteiger partial charge is 0.181 e. The minimum absolute atomic E-state index is 0.335. The van der Waals surface area contributed by atoms with Crippen LogP contribution in [0, 0.1) is 6.92 Å². The lowest BCUT2D eigenvalue weighted by atomic mass is 10.1. The SMILES string of the molecule is COc1cc(-c2ocnc2CCl)ccc1C. The van der Waals surface area contributed by atoms with E-state index in [1.54, 1.807) is 7.11 Å². The molecule has 0 amide bonds. The molecule has 0 spiro atoms. The van der Waals surface area contributed by atoms with E-state index in [1.165, 1.54) is 6.39 Å². The largest absolute Gasteiger partial charge is 0.496 e. The van der Waals surface area contributed by atoms with E-state index in [9.17, 15) is 0 Å². The fourth-order valence-corrected chi connectivity index (χ4v) is 1.75. The molecule has 0 aliphatic carbocycles. The van der Waals surface area contributed by atoms with Crippen molar-refractivity contribution in [3.05, 3.63) is 35.9 Å². The Morgan fingerprint density at radius 2 is 2.25 bits per heavy atom. The van der Waals surface area contributed by atoms with E-state index in [4.69, 9.17) is 20.8 Å². The molecule has 0 saturated heterocycles. The lowest BCUT2D eigenvalue weighted by Crippen LogP contribution is -1.89. The molecule has 0 N–H and O–H groups in total. The summed E-state index contributed by atoms with van der Waals surface area (Å²) in [5.74, 6) is 1.87. The number of methoxy groups -OCH3 is 1. The van der Waals surface area contributed by atoms with Crippen molar-refractivity contribution in [3.63, 3.8) is 0 Å². The molecule has 0 radical (unpaired) electrons. The van der Waals surface area contributed by atoms with Crippen molar-refractivity contribution in [1.82, 2.24) is 4.98 Å². The molecule has 0 unspecified atom stereocenters. The van der Waals surface area contributed by atoms with Gasteiger partial charge in [-0.05, 0) is 18.6 Å². The summed E-state index contributed by atoms with van der Waals surface area (Å²) >= 11 is 5.77. The van der Waals surface area contributed by atoms with Crippen LogP contribution in [-0.2, 0) is 5.88 Å². The van der Waals surface area contributed by atoms with Gasteiger partial charge in [0.1, 0.15) is 11.4 Å². The summed E-state index contributed by atoms with van der Waals surface area (Å²) < 4.78 is 10.6. The third-order valence-corrected chi connectivity index (χ3v) is 2.69. The molecule has 1 heterocycles. The van der Waals surface area contributed by atoms with Crippen molar-refractivity contribution in [2.24, 2.45) is 0 Å². The molecule has 2 aromatic rings. The van der Waals surface area contributed by atoms with E-state index >= 15 is 0 Å². The molecule has 0 bridgehead atoms. The second kappa shape index (κ2) is 4.58. The first-order valence-electron chi connectivity index (χ1n) is 4.89. The van der Waals surface area contributed by atoms with Gasteiger partial charge in [0.15, 0.2) is 12.2 Å². The van der Waals surface area contributed by atoms with Gasteiger partial charge in [-0.3, -0.25) is 0 Å². The van der Waals surface area contributed by atoms with Gasteiger partial charge in [0.05, 0.1) is 13.0 Å². The monoisotopic (exact) mass is 237 g/mol. The van der Waals surface area contributed by atoms with Crippen LogP contribution in [0.3, 0.4) is 0 Å². The maximum atomic E-state index is 5.77. The van der Waals surface area contributed by atoms with Gasteiger partial charge in [0.2, 0.25) is 0 Å². The van der Waals surface area contributed by atoms with Crippen LogP contribution in [-0.4, -0.2) is 12.1 Å². The normalized spacial score (nSPS) is 10.4. The van der Waals surface area contributed by atoms with Gasteiger partial charge >= 0.3 is 0 Å². The maximum Gasteiger partial charge on any atom is 0.181 e. The lowest BCUT2D eigenvalue weighted by Gasteiger charge is -2.06. The maximum absolute atomic E-state index is 5.77. The second-order valence-electron chi connectivity index (χ2n) is 3.45. The Morgan fingerprint density at radius 1 is 1.44 bits per heavy atom. The van der Waals surface area contributed by atoms with Gasteiger partial charge in [-0.2, -0.15) is 0 Å². The molecule has 0 aliphatic rings. The number of alkyl halides is 1. The number of nitrogens with zero attached hydrogens (tertiary/aromatic N) is 1. The Bertz CT molecular complexity index is 494. The highest BCUT2D eigenvalue weighted by atomic mass is 35.5. The van der Waals surface area contributed by atoms with Gasteiger partial charge in [-0.1, -0.05) is 12.1 Å². The quantitative estimate of drug-likeness (QED) is 0.768. The second-order valence-corrected chi connectivity index (χ2v) is 3.71. The Balaban J connectivity index is 2.48. The van der Waals surface area contributed by atoms with Gasteiger partial charge in [0.25, 0.3) is 0 Å². The number of hydrogen-bond donors (Lipinski definition) is 0. The minimum Gasteiger partial charge on any atom is -0.496 e. The minimum atomic E-state index is 0.335. The van der Waals surface area contributed by atoms with Gasteiger partial charge < -0.3 is 9.15 Å². The molecular formula is C12H12ClNO2. The van der Waals surface area contributed by atoms with Gasteiger partial charge in [-0.15, -0.1) is 11.6 Å². The molecule has 0 fully saturated rings. The first-order valence-corrected chi connectivity index (χ1v) is 5.43. The summed E-state index contributed by atoms with van der Waals surface area (Å²) in [4.78, 5) is 4.05. The van der Waals surface area contributed by atoms with Crippen LogP contribution in [0.25, 0.3) is 11.3 Å².